The second-order valence-electron chi connectivity index (χ2n) is 5.42. The van der Waals surface area contributed by atoms with Crippen molar-refractivity contribution in [1.82, 2.24) is 15.0 Å². The van der Waals surface area contributed by atoms with Gasteiger partial charge in [-0.1, -0.05) is 17.7 Å². The molecular formula is C15H17ClN4O2. The summed E-state index contributed by atoms with van der Waals surface area (Å²) in [7, 11) is 0. The van der Waals surface area contributed by atoms with Crippen molar-refractivity contribution >= 4 is 34.0 Å². The van der Waals surface area contributed by atoms with Crippen molar-refractivity contribution in [2.75, 3.05) is 44.4 Å². The van der Waals surface area contributed by atoms with Crippen molar-refractivity contribution in [2.24, 2.45) is 0 Å². The molecule has 2 aromatic rings. The molecule has 2 aliphatic heterocycles. The molecule has 1 fully saturated rings. The Labute approximate surface area is 133 Å². The maximum absolute atomic E-state index is 6.18. The third-order valence-electron chi connectivity index (χ3n) is 3.98. The number of anilines is 1. The van der Waals surface area contributed by atoms with Gasteiger partial charge < -0.3 is 19.4 Å². The highest BCUT2D eigenvalue weighted by Gasteiger charge is 2.19. The molecule has 116 valence electrons. The number of hydrogen-bond acceptors (Lipinski definition) is 5. The van der Waals surface area contributed by atoms with E-state index in [0.29, 0.717) is 17.4 Å². The molecule has 0 spiro atoms. The first kappa shape index (κ1) is 14.0. The van der Waals surface area contributed by atoms with Gasteiger partial charge >= 0.3 is 0 Å². The largest absolute Gasteiger partial charge is 0.378 e. The number of nitrogens with one attached hydrogen (secondary N) is 1. The molecule has 0 aromatic carbocycles. The van der Waals surface area contributed by atoms with E-state index in [1.54, 1.807) is 0 Å². The van der Waals surface area contributed by atoms with Crippen molar-refractivity contribution in [1.29, 1.82) is 0 Å². The third-order valence-corrected chi connectivity index (χ3v) is 4.17. The second kappa shape index (κ2) is 5.87. The average molecular weight is 321 g/mol. The van der Waals surface area contributed by atoms with E-state index >= 15 is 0 Å². The van der Waals surface area contributed by atoms with Crippen molar-refractivity contribution in [3.8, 4) is 0 Å². The third kappa shape index (κ3) is 2.58. The molecule has 7 heteroatoms. The Bertz CT molecular complexity index is 722. The second-order valence-corrected chi connectivity index (χ2v) is 5.81. The molecule has 2 aliphatic rings. The highest BCUT2D eigenvalue weighted by atomic mass is 35.5. The van der Waals surface area contributed by atoms with Crippen molar-refractivity contribution in [2.45, 2.75) is 6.42 Å². The zero-order valence-corrected chi connectivity index (χ0v) is 12.9. The number of imidazole rings is 1. The lowest BCUT2D eigenvalue weighted by Gasteiger charge is -2.29. The quantitative estimate of drug-likeness (QED) is 0.860. The molecule has 4 rings (SSSR count). The maximum Gasteiger partial charge on any atom is 0.181 e. The highest BCUT2D eigenvalue weighted by Crippen LogP contribution is 2.29. The van der Waals surface area contributed by atoms with Gasteiger partial charge in [0.1, 0.15) is 16.5 Å². The smallest absolute Gasteiger partial charge is 0.181 e. The number of fused-ring (bicyclic) bond motifs is 1. The zero-order chi connectivity index (χ0) is 14.9. The Balaban J connectivity index is 1.79. The molecule has 0 radical (unpaired) electrons. The van der Waals surface area contributed by atoms with Crippen molar-refractivity contribution < 1.29 is 9.47 Å². The van der Waals surface area contributed by atoms with Crippen LogP contribution in [0.25, 0.3) is 16.7 Å². The standard InChI is InChI=1S/C15H17ClN4O2/c16-12-8-11(20-3-6-21-7-4-20)13-15(17-12)19-14(18-13)10-2-1-5-22-9-10/h2,8H,1,3-7,9H2,(H,17,18,19). The summed E-state index contributed by atoms with van der Waals surface area (Å²) in [5, 5.41) is 0.459. The molecule has 1 N–H and O–H groups in total. The van der Waals surface area contributed by atoms with E-state index in [1.165, 1.54) is 0 Å². The molecule has 1 saturated heterocycles. The molecule has 22 heavy (non-hydrogen) atoms. The first-order chi connectivity index (χ1) is 10.8. The number of halogens is 1. The molecule has 0 atom stereocenters. The fraction of sp³-hybridized carbons (Fsp3) is 0.467. The first-order valence-electron chi connectivity index (χ1n) is 7.47. The van der Waals surface area contributed by atoms with Crippen LogP contribution in [0.3, 0.4) is 0 Å². The van der Waals surface area contributed by atoms with Gasteiger partial charge in [-0.25, -0.2) is 9.97 Å². The SMILES string of the molecule is Clc1cc(N2CCOCC2)c2[nH]c(C3=CCCOC3)nc2n1. The normalized spacial score (nSPS) is 19.5. The van der Waals surface area contributed by atoms with Crippen LogP contribution < -0.4 is 4.90 Å². The highest BCUT2D eigenvalue weighted by molar-refractivity contribution is 6.30. The van der Waals surface area contributed by atoms with Crippen LogP contribution in [0.15, 0.2) is 12.1 Å². The van der Waals surface area contributed by atoms with Crippen LogP contribution in [0.5, 0.6) is 0 Å². The molecule has 0 unspecified atom stereocenters. The number of H-pyrrole nitrogens is 1. The van der Waals surface area contributed by atoms with E-state index in [9.17, 15) is 0 Å². The number of ether oxygens (including phenoxy) is 2. The van der Waals surface area contributed by atoms with E-state index in [2.05, 4.69) is 25.9 Å². The average Bonchev–Trinajstić information content (AvgIpc) is 2.99. The summed E-state index contributed by atoms with van der Waals surface area (Å²) in [5.41, 5.74) is 3.69. The van der Waals surface area contributed by atoms with Crippen LogP contribution in [0, 0.1) is 0 Å². The topological polar surface area (TPSA) is 63.3 Å². The lowest BCUT2D eigenvalue weighted by molar-refractivity contribution is 0.123. The van der Waals surface area contributed by atoms with Gasteiger partial charge in [0.15, 0.2) is 5.65 Å². The van der Waals surface area contributed by atoms with E-state index in [0.717, 1.165) is 61.9 Å². The van der Waals surface area contributed by atoms with E-state index < -0.39 is 0 Å². The van der Waals surface area contributed by atoms with Crippen LogP contribution in [0.1, 0.15) is 12.2 Å². The number of nitrogens with zero attached hydrogens (tertiary/aromatic N) is 3. The molecule has 0 bridgehead atoms. The summed E-state index contributed by atoms with van der Waals surface area (Å²) in [4.78, 5) is 14.6. The summed E-state index contributed by atoms with van der Waals surface area (Å²) in [5.74, 6) is 0.818. The van der Waals surface area contributed by atoms with E-state index in [4.69, 9.17) is 21.1 Å². The van der Waals surface area contributed by atoms with E-state index in [-0.39, 0.29) is 0 Å². The van der Waals surface area contributed by atoms with Gasteiger partial charge in [-0.05, 0) is 6.42 Å². The molecule has 0 saturated carbocycles. The Hall–Kier alpha value is -1.63. The van der Waals surface area contributed by atoms with Crippen LogP contribution in [0.2, 0.25) is 5.15 Å². The zero-order valence-electron chi connectivity index (χ0n) is 12.1. The summed E-state index contributed by atoms with van der Waals surface area (Å²) >= 11 is 6.18. The van der Waals surface area contributed by atoms with Gasteiger partial charge in [-0.2, -0.15) is 0 Å². The number of aromatic nitrogens is 3. The van der Waals surface area contributed by atoms with Crippen LogP contribution in [-0.2, 0) is 9.47 Å². The predicted octanol–water partition coefficient (Wildman–Crippen LogP) is 2.25. The molecule has 2 aromatic heterocycles. The molecule has 4 heterocycles. The fourth-order valence-electron chi connectivity index (χ4n) is 2.87. The molecule has 6 nitrogen and oxygen atoms in total. The monoisotopic (exact) mass is 320 g/mol. The van der Waals surface area contributed by atoms with E-state index in [1.807, 2.05) is 6.07 Å². The number of pyridine rings is 1. The summed E-state index contributed by atoms with van der Waals surface area (Å²) in [6.45, 7) is 4.49. The lowest BCUT2D eigenvalue weighted by atomic mass is 10.2. The van der Waals surface area contributed by atoms with Gasteiger partial charge in [-0.3, -0.25) is 0 Å². The lowest BCUT2D eigenvalue weighted by Crippen LogP contribution is -2.36. The van der Waals surface area contributed by atoms with Gasteiger partial charge in [0.05, 0.1) is 32.1 Å². The molecule has 0 aliphatic carbocycles. The Morgan fingerprint density at radius 1 is 1.14 bits per heavy atom. The number of hydrogen-bond donors (Lipinski definition) is 1. The fourth-order valence-corrected chi connectivity index (χ4v) is 3.05. The number of morpholine rings is 1. The Kier molecular flexibility index (Phi) is 3.73. The van der Waals surface area contributed by atoms with Crippen LogP contribution in [-0.4, -0.2) is 54.5 Å². The van der Waals surface area contributed by atoms with Crippen molar-refractivity contribution in [3.63, 3.8) is 0 Å². The minimum absolute atomic E-state index is 0.459. The summed E-state index contributed by atoms with van der Waals surface area (Å²) in [6.07, 6.45) is 3.08. The summed E-state index contributed by atoms with van der Waals surface area (Å²) < 4.78 is 10.9. The predicted molar refractivity (Wildman–Crippen MR) is 85.3 cm³/mol. The number of aromatic amines is 1. The van der Waals surface area contributed by atoms with Crippen LogP contribution in [0.4, 0.5) is 5.69 Å². The Morgan fingerprint density at radius 3 is 2.77 bits per heavy atom. The minimum atomic E-state index is 0.459. The molecule has 0 amide bonds. The Morgan fingerprint density at radius 2 is 2.00 bits per heavy atom. The van der Waals surface area contributed by atoms with Crippen LogP contribution >= 0.6 is 11.6 Å². The molecular weight excluding hydrogens is 304 g/mol. The van der Waals surface area contributed by atoms with Gasteiger partial charge in [0, 0.05) is 24.7 Å². The van der Waals surface area contributed by atoms with Crippen molar-refractivity contribution in [3.05, 3.63) is 23.1 Å². The summed E-state index contributed by atoms with van der Waals surface area (Å²) in [6, 6.07) is 1.89. The first-order valence-corrected chi connectivity index (χ1v) is 7.85. The maximum atomic E-state index is 6.18. The van der Waals surface area contributed by atoms with Gasteiger partial charge in [0.2, 0.25) is 0 Å². The van der Waals surface area contributed by atoms with Gasteiger partial charge in [0.25, 0.3) is 0 Å². The minimum Gasteiger partial charge on any atom is -0.378 e. The van der Waals surface area contributed by atoms with Gasteiger partial charge in [-0.15, -0.1) is 0 Å². The number of rotatable bonds is 2.